The Balaban J connectivity index is 4.32. The normalized spacial score (nSPS) is 12.1. The van der Waals surface area contributed by atoms with Gasteiger partial charge in [0.1, 0.15) is 13.2 Å². The van der Waals surface area contributed by atoms with Gasteiger partial charge in [0.05, 0.1) is 0 Å². The molecule has 0 aliphatic heterocycles. The maximum Gasteiger partial charge on any atom is 0.306 e. The van der Waals surface area contributed by atoms with Crippen molar-refractivity contribution in [3.8, 4) is 0 Å². The number of esters is 3. The third-order valence-corrected chi connectivity index (χ3v) is 11.7. The van der Waals surface area contributed by atoms with E-state index in [-0.39, 0.29) is 31.1 Å². The van der Waals surface area contributed by atoms with Gasteiger partial charge in [-0.15, -0.1) is 0 Å². The molecule has 0 saturated carbocycles. The fourth-order valence-corrected chi connectivity index (χ4v) is 7.81. The lowest BCUT2D eigenvalue weighted by Crippen LogP contribution is -2.30. The summed E-state index contributed by atoms with van der Waals surface area (Å²) in [6.45, 7) is 11.4. The van der Waals surface area contributed by atoms with Crippen LogP contribution < -0.4 is 0 Å². The van der Waals surface area contributed by atoms with E-state index < -0.39 is 6.10 Å². The van der Waals surface area contributed by atoms with Gasteiger partial charge >= 0.3 is 17.9 Å². The van der Waals surface area contributed by atoms with E-state index in [0.717, 1.165) is 69.6 Å². The van der Waals surface area contributed by atoms with E-state index in [4.69, 9.17) is 14.2 Å². The molecule has 0 unspecified atom stereocenters. The molecule has 0 amide bonds. The van der Waals surface area contributed by atoms with E-state index in [0.29, 0.717) is 19.3 Å². The highest BCUT2D eigenvalue weighted by atomic mass is 16.6. The van der Waals surface area contributed by atoms with Gasteiger partial charge in [-0.1, -0.05) is 247 Å². The van der Waals surface area contributed by atoms with Gasteiger partial charge in [0.15, 0.2) is 6.10 Å². The van der Waals surface area contributed by atoms with Crippen molar-refractivity contribution < 1.29 is 28.6 Å². The molecule has 1 atom stereocenters. The zero-order chi connectivity index (χ0) is 42.6. The van der Waals surface area contributed by atoms with Gasteiger partial charge in [-0.25, -0.2) is 0 Å². The van der Waals surface area contributed by atoms with Crippen LogP contribution in [-0.2, 0) is 28.6 Å². The Bertz CT molecular complexity index is 885. The molecule has 344 valence electrons. The van der Waals surface area contributed by atoms with E-state index in [2.05, 4.69) is 34.6 Å². The van der Waals surface area contributed by atoms with Gasteiger partial charge in [-0.05, 0) is 31.1 Å². The van der Waals surface area contributed by atoms with Crippen LogP contribution >= 0.6 is 0 Å². The van der Waals surface area contributed by atoms with Gasteiger partial charge < -0.3 is 14.2 Å². The smallest absolute Gasteiger partial charge is 0.306 e. The van der Waals surface area contributed by atoms with Crippen LogP contribution in [0.4, 0.5) is 0 Å². The number of hydrogen-bond donors (Lipinski definition) is 0. The topological polar surface area (TPSA) is 78.9 Å². The zero-order valence-corrected chi connectivity index (χ0v) is 39.7. The summed E-state index contributed by atoms with van der Waals surface area (Å²) in [6.07, 6.45) is 45.1. The number of unbranched alkanes of at least 4 members (excludes halogenated alkanes) is 31. The van der Waals surface area contributed by atoms with Crippen molar-refractivity contribution in [3.63, 3.8) is 0 Å². The van der Waals surface area contributed by atoms with Crippen LogP contribution in [0.25, 0.3) is 0 Å². The molecule has 0 aromatic rings. The first-order chi connectivity index (χ1) is 28.2. The first-order valence-electron chi connectivity index (χ1n) is 25.7. The van der Waals surface area contributed by atoms with Gasteiger partial charge in [-0.3, -0.25) is 14.4 Å². The van der Waals surface area contributed by atoms with Crippen molar-refractivity contribution in [2.24, 2.45) is 11.8 Å². The average Bonchev–Trinajstić information content (AvgIpc) is 3.19. The Hall–Kier alpha value is -1.59. The van der Waals surface area contributed by atoms with Crippen LogP contribution in [-0.4, -0.2) is 37.2 Å². The van der Waals surface area contributed by atoms with E-state index in [9.17, 15) is 14.4 Å². The molecule has 0 N–H and O–H groups in total. The molecule has 6 nitrogen and oxygen atoms in total. The second kappa shape index (κ2) is 44.9. The van der Waals surface area contributed by atoms with Crippen LogP contribution in [0.5, 0.6) is 0 Å². The first kappa shape index (κ1) is 56.4. The maximum atomic E-state index is 12.8. The van der Waals surface area contributed by atoms with Crippen molar-refractivity contribution in [1.29, 1.82) is 0 Å². The van der Waals surface area contributed by atoms with E-state index in [1.54, 1.807) is 0 Å². The predicted octanol–water partition coefficient (Wildman–Crippen LogP) is 16.5. The van der Waals surface area contributed by atoms with Crippen LogP contribution in [0.15, 0.2) is 0 Å². The van der Waals surface area contributed by atoms with Gasteiger partial charge in [-0.2, -0.15) is 0 Å². The van der Waals surface area contributed by atoms with E-state index >= 15 is 0 Å². The summed E-state index contributed by atoms with van der Waals surface area (Å²) in [5, 5.41) is 0. The van der Waals surface area contributed by atoms with Crippen LogP contribution in [0.2, 0.25) is 0 Å². The molecule has 0 heterocycles. The molecule has 0 fully saturated rings. The lowest BCUT2D eigenvalue weighted by atomic mass is 10.0. The fraction of sp³-hybridized carbons (Fsp3) is 0.942. The minimum absolute atomic E-state index is 0.0637. The molecule has 0 radical (unpaired) electrons. The Morgan fingerprint density at radius 1 is 0.328 bits per heavy atom. The van der Waals surface area contributed by atoms with Gasteiger partial charge in [0, 0.05) is 19.3 Å². The third kappa shape index (κ3) is 45.5. The quantitative estimate of drug-likeness (QED) is 0.0346. The lowest BCUT2D eigenvalue weighted by Gasteiger charge is -2.18. The maximum absolute atomic E-state index is 12.8. The van der Waals surface area contributed by atoms with Crippen molar-refractivity contribution in [3.05, 3.63) is 0 Å². The molecule has 0 saturated heterocycles. The van der Waals surface area contributed by atoms with E-state index in [1.807, 2.05) is 0 Å². The van der Waals surface area contributed by atoms with Crippen LogP contribution in [0.3, 0.4) is 0 Å². The summed E-state index contributed by atoms with van der Waals surface area (Å²) >= 11 is 0. The van der Waals surface area contributed by atoms with Crippen LogP contribution in [0.1, 0.15) is 285 Å². The molecule has 0 aliphatic rings. The molecular weight excluding hydrogens is 721 g/mol. The molecule has 0 bridgehead atoms. The minimum atomic E-state index is -0.761. The number of ether oxygens (including phenoxy) is 3. The summed E-state index contributed by atoms with van der Waals surface area (Å²) in [6, 6.07) is 0. The highest BCUT2D eigenvalue weighted by Crippen LogP contribution is 2.17. The van der Waals surface area contributed by atoms with Crippen LogP contribution in [0, 0.1) is 11.8 Å². The first-order valence-corrected chi connectivity index (χ1v) is 25.7. The molecule has 0 aromatic carbocycles. The third-order valence-electron chi connectivity index (χ3n) is 11.7. The minimum Gasteiger partial charge on any atom is -0.462 e. The zero-order valence-electron chi connectivity index (χ0n) is 39.7. The summed E-state index contributed by atoms with van der Waals surface area (Å²) in [5.41, 5.74) is 0. The standard InChI is InChI=1S/C52H100O6/c1-6-7-8-9-10-11-12-17-22-27-32-37-42-50(53)56-45-49(58-52(55)44-39-34-29-24-19-14-16-21-26-31-36-41-48(4)5)46-57-51(54)43-38-33-28-23-18-13-15-20-25-30-35-40-47(2)3/h47-49H,6-46H2,1-5H3/t49-/m0/s1. The number of carbonyl (C=O) groups excluding carboxylic acids is 3. The predicted molar refractivity (Wildman–Crippen MR) is 247 cm³/mol. The van der Waals surface area contributed by atoms with Gasteiger partial charge in [0.2, 0.25) is 0 Å². The van der Waals surface area contributed by atoms with Gasteiger partial charge in [0.25, 0.3) is 0 Å². The molecular formula is C52H100O6. The highest BCUT2D eigenvalue weighted by molar-refractivity contribution is 5.71. The van der Waals surface area contributed by atoms with Crippen molar-refractivity contribution in [2.75, 3.05) is 13.2 Å². The SMILES string of the molecule is CCCCCCCCCCCCCCC(=O)OC[C@@H](COC(=O)CCCCCCCCCCCCCC(C)C)OC(=O)CCCCCCCCCCCCCC(C)C. The Morgan fingerprint density at radius 2 is 0.569 bits per heavy atom. The van der Waals surface area contributed by atoms with Crippen molar-refractivity contribution >= 4 is 17.9 Å². The second-order valence-corrected chi connectivity index (χ2v) is 18.8. The molecule has 0 aromatic heterocycles. The summed E-state index contributed by atoms with van der Waals surface area (Å²) in [7, 11) is 0. The highest BCUT2D eigenvalue weighted by Gasteiger charge is 2.19. The Morgan fingerprint density at radius 3 is 0.845 bits per heavy atom. The molecule has 0 spiro atoms. The summed E-state index contributed by atoms with van der Waals surface area (Å²) < 4.78 is 16.8. The number of rotatable bonds is 46. The molecule has 58 heavy (non-hydrogen) atoms. The van der Waals surface area contributed by atoms with Crippen molar-refractivity contribution in [1.82, 2.24) is 0 Å². The number of carbonyl (C=O) groups is 3. The molecule has 0 rings (SSSR count). The monoisotopic (exact) mass is 821 g/mol. The summed E-state index contributed by atoms with van der Waals surface area (Å²) in [4.78, 5) is 37.9. The Kier molecular flexibility index (Phi) is 43.7. The van der Waals surface area contributed by atoms with E-state index in [1.165, 1.54) is 173 Å². The second-order valence-electron chi connectivity index (χ2n) is 18.8. The molecule has 0 aliphatic carbocycles. The van der Waals surface area contributed by atoms with Crippen molar-refractivity contribution in [2.45, 2.75) is 291 Å². The largest absolute Gasteiger partial charge is 0.462 e. The molecule has 6 heteroatoms. The average molecular weight is 821 g/mol. The summed E-state index contributed by atoms with van der Waals surface area (Å²) in [5.74, 6) is 0.803. The lowest BCUT2D eigenvalue weighted by molar-refractivity contribution is -0.167. The Labute approximate surface area is 361 Å². The number of hydrogen-bond acceptors (Lipinski definition) is 6. The fourth-order valence-electron chi connectivity index (χ4n) is 7.81.